The lowest BCUT2D eigenvalue weighted by atomic mass is 10.1. The maximum absolute atomic E-state index is 12.4. The van der Waals surface area contributed by atoms with E-state index >= 15 is 0 Å². The van der Waals surface area contributed by atoms with Gasteiger partial charge in [-0.3, -0.25) is 10.1 Å². The van der Waals surface area contributed by atoms with Crippen molar-refractivity contribution >= 4 is 11.7 Å². The number of hydrogen-bond acceptors (Lipinski definition) is 6. The maximum Gasteiger partial charge on any atom is 0.345 e. The van der Waals surface area contributed by atoms with E-state index in [0.29, 0.717) is 19.0 Å². The summed E-state index contributed by atoms with van der Waals surface area (Å²) in [5.41, 5.74) is 0.266. The van der Waals surface area contributed by atoms with Crippen LogP contribution >= 0.6 is 0 Å². The summed E-state index contributed by atoms with van der Waals surface area (Å²) in [5.74, 6) is -0.234. The Balaban J connectivity index is 1.90. The summed E-state index contributed by atoms with van der Waals surface area (Å²) in [7, 11) is 0. The summed E-state index contributed by atoms with van der Waals surface area (Å²) in [5, 5.41) is 11.3. The van der Waals surface area contributed by atoms with Crippen molar-refractivity contribution < 1.29 is 23.9 Å². The summed E-state index contributed by atoms with van der Waals surface area (Å²) in [4.78, 5) is 23.0. The normalized spacial score (nSPS) is 13.9. The first-order chi connectivity index (χ1) is 11.6. The molecule has 0 N–H and O–H groups in total. The van der Waals surface area contributed by atoms with Crippen molar-refractivity contribution in [2.45, 2.75) is 13.0 Å². The molecular formula is C17H15NO6. The number of carbonyl (C=O) groups is 1. The van der Waals surface area contributed by atoms with Gasteiger partial charge in [-0.05, 0) is 12.5 Å². The Kier molecular flexibility index (Phi) is 4.33. The molecule has 3 rings (SSSR count). The fourth-order valence-electron chi connectivity index (χ4n) is 2.41. The van der Waals surface area contributed by atoms with E-state index in [-0.39, 0.29) is 17.0 Å². The molecule has 1 heterocycles. The second kappa shape index (κ2) is 6.57. The number of carbonyl (C=O) groups excluding carboxylic acids is 1. The Bertz CT molecular complexity index is 774. The van der Waals surface area contributed by atoms with E-state index in [1.165, 1.54) is 12.1 Å². The minimum Gasteiger partial charge on any atom is -0.486 e. The molecule has 0 bridgehead atoms. The van der Waals surface area contributed by atoms with Gasteiger partial charge in [0.25, 0.3) is 5.69 Å². The van der Waals surface area contributed by atoms with Crippen LogP contribution in [0.15, 0.2) is 42.5 Å². The molecule has 0 spiro atoms. The Morgan fingerprint density at radius 1 is 1.17 bits per heavy atom. The number of ether oxygens (including phenoxy) is 3. The number of nitrogens with zero attached hydrogens (tertiary/aromatic N) is 1. The molecule has 7 nitrogen and oxygen atoms in total. The highest BCUT2D eigenvalue weighted by molar-refractivity contribution is 5.95. The molecule has 1 aliphatic rings. The van der Waals surface area contributed by atoms with Gasteiger partial charge >= 0.3 is 5.97 Å². The highest BCUT2D eigenvalue weighted by Crippen LogP contribution is 2.37. The molecule has 0 aromatic heterocycles. The van der Waals surface area contributed by atoms with Crippen LogP contribution in [-0.2, 0) is 4.74 Å². The maximum atomic E-state index is 12.4. The second-order valence-electron chi connectivity index (χ2n) is 5.23. The highest BCUT2D eigenvalue weighted by Gasteiger charge is 2.28. The van der Waals surface area contributed by atoms with E-state index in [4.69, 9.17) is 14.2 Å². The average molecular weight is 329 g/mol. The number of esters is 1. The third-order valence-electron chi connectivity index (χ3n) is 3.63. The summed E-state index contributed by atoms with van der Waals surface area (Å²) in [6, 6.07) is 11.6. The van der Waals surface area contributed by atoms with Gasteiger partial charge in [0.15, 0.2) is 11.5 Å². The van der Waals surface area contributed by atoms with E-state index in [9.17, 15) is 14.9 Å². The van der Waals surface area contributed by atoms with E-state index in [1.54, 1.807) is 6.92 Å². The summed E-state index contributed by atoms with van der Waals surface area (Å²) < 4.78 is 16.1. The minimum absolute atomic E-state index is 0.160. The van der Waals surface area contributed by atoms with E-state index < -0.39 is 17.0 Å². The Hall–Kier alpha value is -3.09. The molecule has 0 amide bonds. The van der Waals surface area contributed by atoms with Crippen molar-refractivity contribution in [3.63, 3.8) is 0 Å². The van der Waals surface area contributed by atoms with Gasteiger partial charge in [-0.2, -0.15) is 0 Å². The molecule has 1 aliphatic heterocycles. The molecule has 0 saturated heterocycles. The Labute approximate surface area is 137 Å². The number of nitro groups is 1. The second-order valence-corrected chi connectivity index (χ2v) is 5.23. The molecule has 0 unspecified atom stereocenters. The zero-order valence-corrected chi connectivity index (χ0v) is 12.9. The van der Waals surface area contributed by atoms with Gasteiger partial charge in [0, 0.05) is 6.07 Å². The first kappa shape index (κ1) is 15.8. The SMILES string of the molecule is C[C@H](OC(=O)c1cc2c(cc1[N+](=O)[O-])OCCO2)c1ccccc1. The molecule has 0 aliphatic carbocycles. The molecule has 24 heavy (non-hydrogen) atoms. The third-order valence-corrected chi connectivity index (χ3v) is 3.63. The predicted octanol–water partition coefficient (Wildman–Crippen LogP) is 3.28. The lowest BCUT2D eigenvalue weighted by molar-refractivity contribution is -0.385. The van der Waals surface area contributed by atoms with Gasteiger partial charge in [0.1, 0.15) is 24.9 Å². The third kappa shape index (κ3) is 3.15. The van der Waals surface area contributed by atoms with Crippen LogP contribution < -0.4 is 9.47 Å². The van der Waals surface area contributed by atoms with E-state index in [2.05, 4.69) is 0 Å². The van der Waals surface area contributed by atoms with Crippen molar-refractivity contribution in [3.05, 3.63) is 63.7 Å². The van der Waals surface area contributed by atoms with Crippen LogP contribution in [0.1, 0.15) is 28.9 Å². The first-order valence-electron chi connectivity index (χ1n) is 7.40. The van der Waals surface area contributed by atoms with Crippen LogP contribution in [-0.4, -0.2) is 24.1 Å². The van der Waals surface area contributed by atoms with E-state index in [1.807, 2.05) is 30.3 Å². The Morgan fingerprint density at radius 2 is 1.79 bits per heavy atom. The van der Waals surface area contributed by atoms with Crippen molar-refractivity contribution in [2.75, 3.05) is 13.2 Å². The lowest BCUT2D eigenvalue weighted by Crippen LogP contribution is -2.17. The Morgan fingerprint density at radius 3 is 2.42 bits per heavy atom. The highest BCUT2D eigenvalue weighted by atomic mass is 16.6. The molecule has 0 radical (unpaired) electrons. The van der Waals surface area contributed by atoms with Crippen LogP contribution in [0.2, 0.25) is 0 Å². The largest absolute Gasteiger partial charge is 0.486 e. The molecule has 0 saturated carbocycles. The number of benzene rings is 2. The number of fused-ring (bicyclic) bond motifs is 1. The van der Waals surface area contributed by atoms with Crippen LogP contribution in [0, 0.1) is 10.1 Å². The topological polar surface area (TPSA) is 87.9 Å². The van der Waals surface area contributed by atoms with Crippen molar-refractivity contribution in [1.82, 2.24) is 0 Å². The van der Waals surface area contributed by atoms with Crippen LogP contribution in [0.4, 0.5) is 5.69 Å². The van der Waals surface area contributed by atoms with Crippen molar-refractivity contribution in [2.24, 2.45) is 0 Å². The smallest absolute Gasteiger partial charge is 0.345 e. The predicted molar refractivity (Wildman–Crippen MR) is 84.4 cm³/mol. The van der Waals surface area contributed by atoms with E-state index in [0.717, 1.165) is 5.56 Å². The van der Waals surface area contributed by atoms with Gasteiger partial charge in [-0.15, -0.1) is 0 Å². The minimum atomic E-state index is -0.782. The molecule has 124 valence electrons. The van der Waals surface area contributed by atoms with Crippen molar-refractivity contribution in [1.29, 1.82) is 0 Å². The van der Waals surface area contributed by atoms with Gasteiger partial charge in [-0.25, -0.2) is 4.79 Å². The van der Waals surface area contributed by atoms with Gasteiger partial charge in [0.2, 0.25) is 0 Å². The van der Waals surface area contributed by atoms with Crippen LogP contribution in [0.3, 0.4) is 0 Å². The number of hydrogen-bond donors (Lipinski definition) is 0. The molecule has 7 heteroatoms. The monoisotopic (exact) mass is 329 g/mol. The molecule has 2 aromatic rings. The molecule has 1 atom stereocenters. The molecular weight excluding hydrogens is 314 g/mol. The van der Waals surface area contributed by atoms with Gasteiger partial charge in [0.05, 0.1) is 11.0 Å². The van der Waals surface area contributed by atoms with Crippen molar-refractivity contribution in [3.8, 4) is 11.5 Å². The summed E-state index contributed by atoms with van der Waals surface area (Å²) in [6.07, 6.45) is -0.536. The van der Waals surface area contributed by atoms with Crippen LogP contribution in [0.25, 0.3) is 0 Å². The summed E-state index contributed by atoms with van der Waals surface area (Å²) >= 11 is 0. The average Bonchev–Trinajstić information content (AvgIpc) is 2.61. The molecule has 0 fully saturated rings. The number of rotatable bonds is 4. The summed E-state index contributed by atoms with van der Waals surface area (Å²) in [6.45, 7) is 2.33. The zero-order valence-electron chi connectivity index (χ0n) is 12.9. The lowest BCUT2D eigenvalue weighted by Gasteiger charge is -2.19. The molecule has 2 aromatic carbocycles. The fraction of sp³-hybridized carbons (Fsp3) is 0.235. The van der Waals surface area contributed by atoms with Gasteiger partial charge in [-0.1, -0.05) is 30.3 Å². The fourth-order valence-corrected chi connectivity index (χ4v) is 2.41. The van der Waals surface area contributed by atoms with Gasteiger partial charge < -0.3 is 14.2 Å². The standard InChI is InChI=1S/C17H15NO6/c1-11(12-5-3-2-4-6-12)24-17(19)13-9-15-16(23-8-7-22-15)10-14(13)18(20)21/h2-6,9-11H,7-8H2,1H3/t11-/m0/s1. The zero-order chi connectivity index (χ0) is 17.1. The quantitative estimate of drug-likeness (QED) is 0.486. The number of nitro benzene ring substituents is 1. The van der Waals surface area contributed by atoms with Crippen LogP contribution in [0.5, 0.6) is 11.5 Å². The first-order valence-corrected chi connectivity index (χ1v) is 7.40.